The highest BCUT2D eigenvalue weighted by Gasteiger charge is 2.31. The van der Waals surface area contributed by atoms with Gasteiger partial charge >= 0.3 is 0 Å². The first-order valence-corrected chi connectivity index (χ1v) is 7.27. The second kappa shape index (κ2) is 5.75. The number of anilines is 1. The molecule has 0 atom stereocenters. The van der Waals surface area contributed by atoms with Crippen LogP contribution in [0.1, 0.15) is 45.1 Å². The second-order valence-electron chi connectivity index (χ2n) is 5.56. The van der Waals surface area contributed by atoms with Crippen molar-refractivity contribution in [2.75, 3.05) is 18.0 Å². The average Bonchev–Trinajstić information content (AvgIpc) is 2.47. The van der Waals surface area contributed by atoms with E-state index >= 15 is 0 Å². The SMILES string of the molecule is CCC1(CC)CCN(c2ccc(CN)cc2)CC1. The van der Waals surface area contributed by atoms with E-state index in [-0.39, 0.29) is 0 Å². The van der Waals surface area contributed by atoms with Crippen LogP contribution < -0.4 is 10.6 Å². The van der Waals surface area contributed by atoms with Crippen LogP contribution in [-0.2, 0) is 6.54 Å². The zero-order valence-electron chi connectivity index (χ0n) is 11.8. The molecule has 0 saturated carbocycles. The lowest BCUT2D eigenvalue weighted by atomic mass is 9.74. The van der Waals surface area contributed by atoms with Gasteiger partial charge in [0.05, 0.1) is 0 Å². The van der Waals surface area contributed by atoms with E-state index in [0.717, 1.165) is 0 Å². The fourth-order valence-electron chi connectivity index (χ4n) is 3.04. The minimum atomic E-state index is 0.605. The summed E-state index contributed by atoms with van der Waals surface area (Å²) in [6.07, 6.45) is 5.31. The summed E-state index contributed by atoms with van der Waals surface area (Å²) in [7, 11) is 0. The molecule has 18 heavy (non-hydrogen) atoms. The van der Waals surface area contributed by atoms with Crippen molar-refractivity contribution in [1.29, 1.82) is 0 Å². The number of piperidine rings is 1. The largest absolute Gasteiger partial charge is 0.371 e. The minimum absolute atomic E-state index is 0.605. The zero-order chi connectivity index (χ0) is 13.0. The lowest BCUT2D eigenvalue weighted by Gasteiger charge is -2.42. The first-order chi connectivity index (χ1) is 8.73. The van der Waals surface area contributed by atoms with E-state index in [1.54, 1.807) is 0 Å². The number of hydrogen-bond acceptors (Lipinski definition) is 2. The summed E-state index contributed by atoms with van der Waals surface area (Å²) in [5.41, 5.74) is 8.81. The molecule has 0 bridgehead atoms. The standard InChI is InChI=1S/C16H26N2/c1-3-16(4-2)9-11-18(12-10-16)15-7-5-14(13-17)6-8-15/h5-8H,3-4,9-13,17H2,1-2H3. The molecule has 1 saturated heterocycles. The maximum Gasteiger partial charge on any atom is 0.0366 e. The van der Waals surface area contributed by atoms with E-state index in [1.807, 2.05) is 0 Å². The molecule has 2 nitrogen and oxygen atoms in total. The molecule has 2 rings (SSSR count). The van der Waals surface area contributed by atoms with Crippen molar-refractivity contribution in [3.8, 4) is 0 Å². The maximum absolute atomic E-state index is 5.64. The predicted molar refractivity (Wildman–Crippen MR) is 78.8 cm³/mol. The van der Waals surface area contributed by atoms with Gasteiger partial charge in [0.2, 0.25) is 0 Å². The fraction of sp³-hybridized carbons (Fsp3) is 0.625. The molecule has 1 aliphatic heterocycles. The van der Waals surface area contributed by atoms with Gasteiger partial charge in [0.25, 0.3) is 0 Å². The van der Waals surface area contributed by atoms with Gasteiger partial charge in [-0.2, -0.15) is 0 Å². The van der Waals surface area contributed by atoms with E-state index < -0.39 is 0 Å². The van der Waals surface area contributed by atoms with Gasteiger partial charge in [-0.05, 0) is 36.0 Å². The third-order valence-corrected chi connectivity index (χ3v) is 4.86. The van der Waals surface area contributed by atoms with Crippen molar-refractivity contribution in [2.45, 2.75) is 46.1 Å². The minimum Gasteiger partial charge on any atom is -0.371 e. The Hall–Kier alpha value is -1.02. The molecule has 1 aromatic carbocycles. The number of rotatable bonds is 4. The van der Waals surface area contributed by atoms with Crippen LogP contribution in [0, 0.1) is 5.41 Å². The van der Waals surface area contributed by atoms with E-state index in [2.05, 4.69) is 43.0 Å². The molecule has 100 valence electrons. The molecule has 0 amide bonds. The molecule has 1 heterocycles. The summed E-state index contributed by atoms with van der Waals surface area (Å²) in [5, 5.41) is 0. The van der Waals surface area contributed by atoms with Gasteiger partial charge in [0.15, 0.2) is 0 Å². The van der Waals surface area contributed by atoms with E-state index in [9.17, 15) is 0 Å². The van der Waals surface area contributed by atoms with Crippen LogP contribution in [0.4, 0.5) is 5.69 Å². The Morgan fingerprint density at radius 3 is 2.06 bits per heavy atom. The highest BCUT2D eigenvalue weighted by atomic mass is 15.1. The quantitative estimate of drug-likeness (QED) is 0.880. The molecule has 0 aliphatic carbocycles. The van der Waals surface area contributed by atoms with E-state index in [4.69, 9.17) is 5.73 Å². The van der Waals surface area contributed by atoms with Crippen molar-refractivity contribution in [1.82, 2.24) is 0 Å². The molecule has 0 spiro atoms. The lowest BCUT2D eigenvalue weighted by Crippen LogP contribution is -2.39. The van der Waals surface area contributed by atoms with Gasteiger partial charge < -0.3 is 10.6 Å². The Labute approximate surface area is 111 Å². The predicted octanol–water partition coefficient (Wildman–Crippen LogP) is 3.55. The smallest absolute Gasteiger partial charge is 0.0366 e. The van der Waals surface area contributed by atoms with Gasteiger partial charge in [0, 0.05) is 25.3 Å². The maximum atomic E-state index is 5.64. The van der Waals surface area contributed by atoms with Crippen molar-refractivity contribution in [2.24, 2.45) is 11.1 Å². The third-order valence-electron chi connectivity index (χ3n) is 4.86. The van der Waals surface area contributed by atoms with Gasteiger partial charge in [-0.3, -0.25) is 0 Å². The number of nitrogens with zero attached hydrogens (tertiary/aromatic N) is 1. The Morgan fingerprint density at radius 2 is 1.61 bits per heavy atom. The summed E-state index contributed by atoms with van der Waals surface area (Å²) in [6.45, 7) is 7.72. The Kier molecular flexibility index (Phi) is 4.28. The number of benzene rings is 1. The van der Waals surface area contributed by atoms with Crippen molar-refractivity contribution < 1.29 is 0 Å². The summed E-state index contributed by atoms with van der Waals surface area (Å²) >= 11 is 0. The van der Waals surface area contributed by atoms with Gasteiger partial charge in [-0.25, -0.2) is 0 Å². The summed E-state index contributed by atoms with van der Waals surface area (Å²) in [6, 6.07) is 8.73. The third kappa shape index (κ3) is 2.69. The average molecular weight is 246 g/mol. The molecule has 1 aliphatic rings. The summed E-state index contributed by atoms with van der Waals surface area (Å²) < 4.78 is 0. The molecule has 1 fully saturated rings. The molecule has 2 heteroatoms. The Balaban J connectivity index is 2.00. The molecule has 2 N–H and O–H groups in total. The molecule has 0 unspecified atom stereocenters. The van der Waals surface area contributed by atoms with E-state index in [1.165, 1.54) is 50.0 Å². The molecule has 0 radical (unpaired) electrons. The summed E-state index contributed by atoms with van der Waals surface area (Å²) in [5.74, 6) is 0. The van der Waals surface area contributed by atoms with Crippen LogP contribution in [0.3, 0.4) is 0 Å². The topological polar surface area (TPSA) is 29.3 Å². The van der Waals surface area contributed by atoms with Crippen molar-refractivity contribution >= 4 is 5.69 Å². The Morgan fingerprint density at radius 1 is 1.06 bits per heavy atom. The zero-order valence-corrected chi connectivity index (χ0v) is 11.8. The molecular weight excluding hydrogens is 220 g/mol. The highest BCUT2D eigenvalue weighted by Crippen LogP contribution is 2.39. The first-order valence-electron chi connectivity index (χ1n) is 7.27. The first kappa shape index (κ1) is 13.4. The highest BCUT2D eigenvalue weighted by molar-refractivity contribution is 5.48. The van der Waals surface area contributed by atoms with Crippen LogP contribution >= 0.6 is 0 Å². The molecular formula is C16H26N2. The lowest BCUT2D eigenvalue weighted by molar-refractivity contribution is 0.199. The normalized spacial score (nSPS) is 18.9. The van der Waals surface area contributed by atoms with E-state index in [0.29, 0.717) is 12.0 Å². The van der Waals surface area contributed by atoms with Crippen molar-refractivity contribution in [3.63, 3.8) is 0 Å². The van der Waals surface area contributed by atoms with Crippen LogP contribution in [0.25, 0.3) is 0 Å². The van der Waals surface area contributed by atoms with Crippen LogP contribution in [0.15, 0.2) is 24.3 Å². The number of hydrogen-bond donors (Lipinski definition) is 1. The summed E-state index contributed by atoms with van der Waals surface area (Å²) in [4.78, 5) is 2.52. The van der Waals surface area contributed by atoms with Crippen molar-refractivity contribution in [3.05, 3.63) is 29.8 Å². The number of nitrogens with two attached hydrogens (primary N) is 1. The Bertz CT molecular complexity index is 355. The van der Waals surface area contributed by atoms with Gasteiger partial charge in [0.1, 0.15) is 0 Å². The monoisotopic (exact) mass is 246 g/mol. The fourth-order valence-corrected chi connectivity index (χ4v) is 3.04. The van der Waals surface area contributed by atoms with Crippen LogP contribution in [0.5, 0.6) is 0 Å². The molecule has 1 aromatic rings. The van der Waals surface area contributed by atoms with Crippen LogP contribution in [0.2, 0.25) is 0 Å². The molecule has 0 aromatic heterocycles. The van der Waals surface area contributed by atoms with Crippen LogP contribution in [-0.4, -0.2) is 13.1 Å². The second-order valence-corrected chi connectivity index (χ2v) is 5.56. The van der Waals surface area contributed by atoms with Gasteiger partial charge in [-0.15, -0.1) is 0 Å². The van der Waals surface area contributed by atoms with Gasteiger partial charge in [-0.1, -0.05) is 38.8 Å².